The molecule has 0 unspecified atom stereocenters. The minimum atomic E-state index is -0.408. The Kier molecular flexibility index (Phi) is 8.78. The quantitative estimate of drug-likeness (QED) is 0.131. The van der Waals surface area contributed by atoms with E-state index in [4.69, 9.17) is 16.3 Å². The van der Waals surface area contributed by atoms with Crippen molar-refractivity contribution in [1.82, 2.24) is 5.32 Å². The van der Waals surface area contributed by atoms with Crippen LogP contribution < -0.4 is 10.1 Å². The van der Waals surface area contributed by atoms with E-state index in [-0.39, 0.29) is 5.57 Å². The molecule has 0 saturated heterocycles. The van der Waals surface area contributed by atoms with Gasteiger partial charge in [-0.2, -0.15) is 5.26 Å². The van der Waals surface area contributed by atoms with Crippen molar-refractivity contribution in [3.05, 3.63) is 117 Å². The molecule has 0 atom stereocenters. The van der Waals surface area contributed by atoms with Gasteiger partial charge < -0.3 is 10.1 Å². The Morgan fingerprint density at radius 2 is 1.78 bits per heavy atom. The van der Waals surface area contributed by atoms with Crippen LogP contribution in [0.15, 0.2) is 95.0 Å². The topological polar surface area (TPSA) is 62.1 Å². The lowest BCUT2D eigenvalue weighted by Crippen LogP contribution is -2.25. The molecule has 1 amide bonds. The Hall–Kier alpha value is -3.59. The summed E-state index contributed by atoms with van der Waals surface area (Å²) in [5.41, 5.74) is 2.91. The highest BCUT2D eigenvalue weighted by atomic mass is 79.9. The highest BCUT2D eigenvalue weighted by Gasteiger charge is 2.13. The Balaban J connectivity index is 1.40. The van der Waals surface area contributed by atoms with Gasteiger partial charge in [-0.25, -0.2) is 0 Å². The molecule has 0 aliphatic carbocycles. The first-order valence-corrected chi connectivity index (χ1v) is 12.7. The fraction of sp³-hybridized carbons (Fsp3) is 0.133. The van der Waals surface area contributed by atoms with Crippen molar-refractivity contribution in [2.45, 2.75) is 19.4 Å². The Morgan fingerprint density at radius 3 is 2.56 bits per heavy atom. The van der Waals surface area contributed by atoms with Crippen molar-refractivity contribution in [2.75, 3.05) is 6.54 Å². The molecule has 0 radical (unpaired) electrons. The van der Waals surface area contributed by atoms with Gasteiger partial charge in [0.15, 0.2) is 5.75 Å². The van der Waals surface area contributed by atoms with Gasteiger partial charge in [-0.05, 0) is 74.4 Å². The normalized spacial score (nSPS) is 11.2. The minimum absolute atomic E-state index is 0.0158. The molecule has 0 aliphatic rings. The molecule has 4 nitrogen and oxygen atoms in total. The summed E-state index contributed by atoms with van der Waals surface area (Å²) < 4.78 is 6.69. The highest BCUT2D eigenvalue weighted by molar-refractivity contribution is 9.10. The Morgan fingerprint density at radius 1 is 1.03 bits per heavy atom. The van der Waals surface area contributed by atoms with Crippen LogP contribution in [0.4, 0.5) is 0 Å². The lowest BCUT2D eigenvalue weighted by molar-refractivity contribution is -0.117. The van der Waals surface area contributed by atoms with Crippen LogP contribution in [0.1, 0.15) is 23.1 Å². The molecular weight excluding hydrogens is 536 g/mol. The molecule has 36 heavy (non-hydrogen) atoms. The van der Waals surface area contributed by atoms with Crippen molar-refractivity contribution >= 4 is 50.3 Å². The van der Waals surface area contributed by atoms with Gasteiger partial charge in [-0.15, -0.1) is 0 Å². The molecule has 0 aliphatic heterocycles. The molecule has 0 spiro atoms. The molecule has 0 heterocycles. The first-order valence-electron chi connectivity index (χ1n) is 11.6. The van der Waals surface area contributed by atoms with Gasteiger partial charge in [0.25, 0.3) is 5.91 Å². The van der Waals surface area contributed by atoms with Crippen molar-refractivity contribution in [2.24, 2.45) is 0 Å². The predicted octanol–water partition coefficient (Wildman–Crippen LogP) is 7.49. The first kappa shape index (κ1) is 25.5. The minimum Gasteiger partial charge on any atom is -0.486 e. The van der Waals surface area contributed by atoms with Gasteiger partial charge >= 0.3 is 0 Å². The second-order valence-electron chi connectivity index (χ2n) is 8.26. The van der Waals surface area contributed by atoms with Crippen LogP contribution in [0.3, 0.4) is 0 Å². The fourth-order valence-electron chi connectivity index (χ4n) is 3.92. The summed E-state index contributed by atoms with van der Waals surface area (Å²) in [5.74, 6) is 0.0970. The zero-order chi connectivity index (χ0) is 25.3. The monoisotopic (exact) mass is 558 g/mol. The van der Waals surface area contributed by atoms with Crippen LogP contribution in [0, 0.1) is 11.3 Å². The van der Waals surface area contributed by atoms with Crippen LogP contribution in [-0.2, 0) is 17.8 Å². The number of aryl methyl sites for hydroxylation is 1. The molecule has 1 N–H and O–H groups in total. The van der Waals surface area contributed by atoms with Gasteiger partial charge in [-0.1, -0.05) is 84.4 Å². The van der Waals surface area contributed by atoms with E-state index in [0.29, 0.717) is 34.0 Å². The predicted molar refractivity (Wildman–Crippen MR) is 149 cm³/mol. The van der Waals surface area contributed by atoms with E-state index in [9.17, 15) is 10.1 Å². The summed E-state index contributed by atoms with van der Waals surface area (Å²) >= 11 is 10.0. The number of halogens is 2. The van der Waals surface area contributed by atoms with Crippen molar-refractivity contribution in [1.29, 1.82) is 5.26 Å². The number of nitriles is 1. The summed E-state index contributed by atoms with van der Waals surface area (Å²) in [7, 11) is 0. The first-order chi connectivity index (χ1) is 17.5. The van der Waals surface area contributed by atoms with E-state index in [1.807, 2.05) is 48.5 Å². The van der Waals surface area contributed by atoms with Gasteiger partial charge in [0.2, 0.25) is 0 Å². The summed E-state index contributed by atoms with van der Waals surface area (Å²) in [6, 6.07) is 29.8. The summed E-state index contributed by atoms with van der Waals surface area (Å²) in [5, 5.41) is 15.0. The number of benzene rings is 4. The molecule has 0 saturated carbocycles. The molecular formula is C30H24BrClN2O2. The third-order valence-electron chi connectivity index (χ3n) is 5.72. The van der Waals surface area contributed by atoms with Crippen LogP contribution in [0.25, 0.3) is 16.8 Å². The van der Waals surface area contributed by atoms with Crippen molar-refractivity contribution < 1.29 is 9.53 Å². The molecule has 4 rings (SSSR count). The van der Waals surface area contributed by atoms with E-state index in [0.717, 1.165) is 29.2 Å². The van der Waals surface area contributed by atoms with E-state index in [1.54, 1.807) is 12.1 Å². The number of hydrogen-bond acceptors (Lipinski definition) is 3. The van der Waals surface area contributed by atoms with Crippen LogP contribution in [0.2, 0.25) is 5.02 Å². The molecule has 6 heteroatoms. The second kappa shape index (κ2) is 12.4. The number of nitrogens with one attached hydrogen (secondary N) is 1. The lowest BCUT2D eigenvalue weighted by atomic mass is 10.1. The lowest BCUT2D eigenvalue weighted by Gasteiger charge is -2.13. The maximum atomic E-state index is 12.5. The standard InChI is InChI=1S/C30H24BrClN2O2/c31-27-17-22(16-25(19-33)30(35)34-15-7-10-21-8-2-1-3-9-21)18-28(32)29(27)36-20-24-13-6-12-23-11-4-5-14-26(23)24/h1-6,8-9,11-14,16-18H,7,10,15,20H2,(H,34,35)/b25-16-. The Bertz CT molecular complexity index is 1420. The maximum absolute atomic E-state index is 12.5. The van der Waals surface area contributed by atoms with Crippen LogP contribution in [0.5, 0.6) is 5.75 Å². The van der Waals surface area contributed by atoms with Crippen molar-refractivity contribution in [3.8, 4) is 11.8 Å². The number of hydrogen-bond donors (Lipinski definition) is 1. The SMILES string of the molecule is N#C/C(=C/c1cc(Cl)c(OCc2cccc3ccccc23)c(Br)c1)C(=O)NCCCc1ccccc1. The van der Waals surface area contributed by atoms with E-state index in [1.165, 1.54) is 11.6 Å². The number of carbonyl (C=O) groups is 1. The number of nitrogens with zero attached hydrogens (tertiary/aromatic N) is 1. The third-order valence-corrected chi connectivity index (χ3v) is 6.59. The largest absolute Gasteiger partial charge is 0.486 e. The number of rotatable bonds is 9. The van der Waals surface area contributed by atoms with Gasteiger partial charge in [0.05, 0.1) is 9.50 Å². The summed E-state index contributed by atoms with van der Waals surface area (Å²) in [6.45, 7) is 0.835. The zero-order valence-corrected chi connectivity index (χ0v) is 21.9. The molecule has 180 valence electrons. The second-order valence-corrected chi connectivity index (χ2v) is 9.52. The average Bonchev–Trinajstić information content (AvgIpc) is 2.90. The van der Waals surface area contributed by atoms with Crippen molar-refractivity contribution in [3.63, 3.8) is 0 Å². The average molecular weight is 560 g/mol. The summed E-state index contributed by atoms with van der Waals surface area (Å²) in [4.78, 5) is 12.5. The summed E-state index contributed by atoms with van der Waals surface area (Å²) in [6.07, 6.45) is 3.17. The fourth-order valence-corrected chi connectivity index (χ4v) is 4.91. The van der Waals surface area contributed by atoms with Crippen LogP contribution >= 0.6 is 27.5 Å². The highest BCUT2D eigenvalue weighted by Crippen LogP contribution is 2.36. The van der Waals surface area contributed by atoms with E-state index in [2.05, 4.69) is 51.6 Å². The van der Waals surface area contributed by atoms with Crippen LogP contribution in [-0.4, -0.2) is 12.5 Å². The Labute approximate surface area is 224 Å². The number of carbonyl (C=O) groups excluding carboxylic acids is 1. The van der Waals surface area contributed by atoms with E-state index < -0.39 is 5.91 Å². The van der Waals surface area contributed by atoms with Gasteiger partial charge in [0, 0.05) is 6.54 Å². The zero-order valence-electron chi connectivity index (χ0n) is 19.5. The molecule has 0 fully saturated rings. The molecule has 4 aromatic carbocycles. The molecule has 4 aromatic rings. The van der Waals surface area contributed by atoms with Gasteiger partial charge in [0.1, 0.15) is 18.2 Å². The number of ether oxygens (including phenoxy) is 1. The third kappa shape index (κ3) is 6.54. The smallest absolute Gasteiger partial charge is 0.261 e. The maximum Gasteiger partial charge on any atom is 0.261 e. The molecule has 0 bridgehead atoms. The number of amides is 1. The number of fused-ring (bicyclic) bond motifs is 1. The van der Waals surface area contributed by atoms with E-state index >= 15 is 0 Å². The van der Waals surface area contributed by atoms with Gasteiger partial charge in [-0.3, -0.25) is 4.79 Å². The molecule has 0 aromatic heterocycles.